The maximum absolute atomic E-state index is 11.3. The zero-order valence-electron chi connectivity index (χ0n) is 16.2. The molecular weight excluding hydrogens is 356 g/mol. The Balaban J connectivity index is 2.10. The summed E-state index contributed by atoms with van der Waals surface area (Å²) in [6.07, 6.45) is 0.215. The molecule has 0 aliphatic carbocycles. The molecule has 1 aliphatic rings. The Bertz CT molecular complexity index is 751. The zero-order chi connectivity index (χ0) is 19.7. The monoisotopic (exact) mass is 382 g/mol. The highest BCUT2D eigenvalue weighted by molar-refractivity contribution is 6.99. The van der Waals surface area contributed by atoms with Gasteiger partial charge in [-0.15, -0.1) is 0 Å². The van der Waals surface area contributed by atoms with E-state index in [2.05, 4.69) is 45.0 Å². The second-order valence-corrected chi connectivity index (χ2v) is 12.4. The van der Waals surface area contributed by atoms with Crippen molar-refractivity contribution in [3.8, 4) is 0 Å². The molecule has 4 nitrogen and oxygen atoms in total. The molecule has 1 heterocycles. The van der Waals surface area contributed by atoms with Gasteiger partial charge < -0.3 is 9.16 Å². The van der Waals surface area contributed by atoms with Gasteiger partial charge in [0.1, 0.15) is 6.10 Å². The number of ether oxygens (including phenoxy) is 1. The molecule has 2 aromatic carbocycles. The molecule has 0 amide bonds. The maximum atomic E-state index is 11.3. The predicted octanol–water partition coefficient (Wildman–Crippen LogP) is 2.49. The van der Waals surface area contributed by atoms with Crippen molar-refractivity contribution >= 4 is 31.3 Å². The van der Waals surface area contributed by atoms with Crippen LogP contribution in [0.3, 0.4) is 0 Å². The van der Waals surface area contributed by atoms with E-state index in [1.807, 2.05) is 43.3 Å². The summed E-state index contributed by atoms with van der Waals surface area (Å²) >= 11 is 0. The molecular formula is C22H26O4Si. The number of hydrogen-bond acceptors (Lipinski definition) is 4. The average Bonchev–Trinajstić information content (AvgIpc) is 3.42. The Labute approximate surface area is 161 Å². The number of hydrogen-bond donors (Lipinski definition) is 0. The quantitative estimate of drug-likeness (QED) is 0.320. The van der Waals surface area contributed by atoms with Gasteiger partial charge in [0.15, 0.2) is 12.6 Å². The number of epoxide rings is 1. The van der Waals surface area contributed by atoms with E-state index in [4.69, 9.17) is 9.16 Å². The molecule has 27 heavy (non-hydrogen) atoms. The van der Waals surface area contributed by atoms with Crippen molar-refractivity contribution in [1.82, 2.24) is 0 Å². The van der Waals surface area contributed by atoms with Crippen LogP contribution in [-0.4, -0.2) is 38.7 Å². The maximum Gasteiger partial charge on any atom is 0.261 e. The Morgan fingerprint density at radius 3 is 1.74 bits per heavy atom. The third-order valence-corrected chi connectivity index (χ3v) is 10.4. The minimum absolute atomic E-state index is 0.177. The van der Waals surface area contributed by atoms with Gasteiger partial charge in [0.2, 0.25) is 5.60 Å². The molecule has 1 aliphatic heterocycles. The van der Waals surface area contributed by atoms with Gasteiger partial charge in [-0.1, -0.05) is 81.4 Å². The highest BCUT2D eigenvalue weighted by Crippen LogP contribution is 2.42. The molecule has 142 valence electrons. The molecule has 2 atom stereocenters. The number of benzene rings is 2. The van der Waals surface area contributed by atoms with Crippen molar-refractivity contribution in [2.75, 3.05) is 0 Å². The van der Waals surface area contributed by atoms with Crippen LogP contribution in [0.1, 0.15) is 27.7 Å². The van der Waals surface area contributed by atoms with Crippen LogP contribution >= 0.6 is 0 Å². The van der Waals surface area contributed by atoms with E-state index in [1.165, 1.54) is 0 Å². The van der Waals surface area contributed by atoms with Gasteiger partial charge in [-0.3, -0.25) is 9.59 Å². The second kappa shape index (κ2) is 7.15. The molecule has 1 saturated heterocycles. The first-order chi connectivity index (χ1) is 12.8. The Kier molecular flexibility index (Phi) is 5.21. The van der Waals surface area contributed by atoms with Gasteiger partial charge in [0.25, 0.3) is 8.32 Å². The number of carbonyl (C=O) groups excluding carboxylic acids is 2. The summed E-state index contributed by atoms with van der Waals surface area (Å²) in [5, 5.41) is 2.13. The van der Waals surface area contributed by atoms with E-state index in [9.17, 15) is 9.59 Å². The second-order valence-electron chi connectivity index (χ2n) is 8.11. The van der Waals surface area contributed by atoms with Crippen LogP contribution in [0.25, 0.3) is 0 Å². The van der Waals surface area contributed by atoms with Gasteiger partial charge in [0.05, 0.1) is 6.10 Å². The lowest BCUT2D eigenvalue weighted by Crippen LogP contribution is -2.68. The van der Waals surface area contributed by atoms with E-state index >= 15 is 0 Å². The molecule has 5 heteroatoms. The summed E-state index contributed by atoms with van der Waals surface area (Å²) in [5.74, 6) is 0. The van der Waals surface area contributed by atoms with Gasteiger partial charge in [-0.05, 0) is 22.3 Å². The smallest absolute Gasteiger partial charge is 0.261 e. The molecule has 1 fully saturated rings. The number of rotatable bonds is 7. The van der Waals surface area contributed by atoms with Gasteiger partial charge in [-0.25, -0.2) is 0 Å². The minimum Gasteiger partial charge on any atom is -0.402 e. The van der Waals surface area contributed by atoms with Crippen molar-refractivity contribution in [1.29, 1.82) is 0 Å². The van der Waals surface area contributed by atoms with Crippen molar-refractivity contribution < 1.29 is 18.8 Å². The molecule has 0 saturated carbocycles. The van der Waals surface area contributed by atoms with Gasteiger partial charge in [-0.2, -0.15) is 0 Å². The summed E-state index contributed by atoms with van der Waals surface area (Å²) in [5.41, 5.74) is -1.36. The van der Waals surface area contributed by atoms with E-state index < -0.39 is 26.1 Å². The van der Waals surface area contributed by atoms with E-state index in [-0.39, 0.29) is 5.04 Å². The SMILES string of the molecule is C[C@H](O[Si](c1ccccc1)(c1ccccc1)C(C)(C)C)[C@@H]1OC1(C=O)C=O. The summed E-state index contributed by atoms with van der Waals surface area (Å²) in [7, 11) is -2.74. The van der Waals surface area contributed by atoms with Crippen molar-refractivity contribution in [2.45, 2.75) is 50.5 Å². The first-order valence-electron chi connectivity index (χ1n) is 9.20. The zero-order valence-corrected chi connectivity index (χ0v) is 17.2. The van der Waals surface area contributed by atoms with Crippen LogP contribution in [0.5, 0.6) is 0 Å². The standard InChI is InChI=1S/C22H26O4Si/c1-17(20-22(15-23,16-24)25-20)26-27(21(2,3)4,18-11-7-5-8-12-18)19-13-9-6-10-14-19/h5-17,20H,1-4H3/t17-,20-/m0/s1. The third-order valence-electron chi connectivity index (χ3n) is 5.29. The molecule has 0 N–H and O–H groups in total. The lowest BCUT2D eigenvalue weighted by Gasteiger charge is -2.44. The van der Waals surface area contributed by atoms with Crippen LogP contribution in [0, 0.1) is 0 Å². The first-order valence-corrected chi connectivity index (χ1v) is 11.1. The highest BCUT2D eigenvalue weighted by atomic mass is 28.4. The highest BCUT2D eigenvalue weighted by Gasteiger charge is 2.62. The summed E-state index contributed by atoms with van der Waals surface area (Å²) in [4.78, 5) is 22.7. The molecule has 3 rings (SSSR count). The van der Waals surface area contributed by atoms with E-state index in [1.54, 1.807) is 0 Å². The minimum atomic E-state index is -2.74. The van der Waals surface area contributed by atoms with Crippen molar-refractivity contribution in [3.63, 3.8) is 0 Å². The van der Waals surface area contributed by atoms with Crippen LogP contribution in [0.15, 0.2) is 60.7 Å². The van der Waals surface area contributed by atoms with Crippen molar-refractivity contribution in [2.24, 2.45) is 0 Å². The molecule has 0 spiro atoms. The van der Waals surface area contributed by atoms with E-state index in [0.717, 1.165) is 10.4 Å². The average molecular weight is 383 g/mol. The molecule has 0 aromatic heterocycles. The fourth-order valence-corrected chi connectivity index (χ4v) is 8.59. The summed E-state index contributed by atoms with van der Waals surface area (Å²) in [6, 6.07) is 20.5. The predicted molar refractivity (Wildman–Crippen MR) is 108 cm³/mol. The topological polar surface area (TPSA) is 55.9 Å². The largest absolute Gasteiger partial charge is 0.402 e. The fourth-order valence-electron chi connectivity index (χ4n) is 3.90. The van der Waals surface area contributed by atoms with Crippen LogP contribution < -0.4 is 10.4 Å². The Morgan fingerprint density at radius 1 is 0.963 bits per heavy atom. The van der Waals surface area contributed by atoms with E-state index in [0.29, 0.717) is 12.6 Å². The van der Waals surface area contributed by atoms with Crippen LogP contribution in [0.2, 0.25) is 5.04 Å². The van der Waals surface area contributed by atoms with Gasteiger partial charge in [0, 0.05) is 0 Å². The van der Waals surface area contributed by atoms with Crippen LogP contribution in [0.4, 0.5) is 0 Å². The molecule has 0 bridgehead atoms. The molecule has 2 aromatic rings. The first kappa shape index (κ1) is 19.7. The fraction of sp³-hybridized carbons (Fsp3) is 0.364. The number of carbonyl (C=O) groups is 2. The third kappa shape index (κ3) is 3.31. The van der Waals surface area contributed by atoms with Gasteiger partial charge >= 0.3 is 0 Å². The van der Waals surface area contributed by atoms with Crippen molar-refractivity contribution in [3.05, 3.63) is 60.7 Å². The summed E-state index contributed by atoms with van der Waals surface area (Å²) in [6.45, 7) is 8.45. The Hall–Kier alpha value is -2.08. The summed E-state index contributed by atoms with van der Waals surface area (Å²) < 4.78 is 12.3. The number of aldehydes is 2. The lowest BCUT2D eigenvalue weighted by atomic mass is 10.1. The molecule has 0 radical (unpaired) electrons. The lowest BCUT2D eigenvalue weighted by molar-refractivity contribution is -0.120. The van der Waals surface area contributed by atoms with Crippen LogP contribution in [-0.2, 0) is 18.8 Å². The normalized spacial score (nSPS) is 19.9. The molecule has 0 unspecified atom stereocenters. The Morgan fingerprint density at radius 2 is 1.41 bits per heavy atom.